The zero-order valence-corrected chi connectivity index (χ0v) is 17.9. The van der Waals surface area contributed by atoms with Gasteiger partial charge >= 0.3 is 6.03 Å². The van der Waals surface area contributed by atoms with Crippen LogP contribution in [0.3, 0.4) is 0 Å². The lowest BCUT2D eigenvalue weighted by atomic mass is 10.1. The van der Waals surface area contributed by atoms with Crippen molar-refractivity contribution in [3.8, 4) is 0 Å². The number of pyridine rings is 1. The molecule has 164 valence electrons. The van der Waals surface area contributed by atoms with Crippen LogP contribution in [0.1, 0.15) is 11.1 Å². The third kappa shape index (κ3) is 4.92. The number of aromatic nitrogens is 2. The maximum absolute atomic E-state index is 13.4. The van der Waals surface area contributed by atoms with E-state index in [0.29, 0.717) is 47.9 Å². The van der Waals surface area contributed by atoms with Gasteiger partial charge in [0.25, 0.3) is 0 Å². The molecule has 0 saturated carbocycles. The summed E-state index contributed by atoms with van der Waals surface area (Å²) in [4.78, 5) is 25.4. The molecule has 2 aromatic heterocycles. The number of amides is 2. The number of hydrogen-bond donors (Lipinski definition) is 3. The molecule has 1 aromatic carbocycles. The number of carbonyl (C=O) groups is 1. The first-order chi connectivity index (χ1) is 14.9. The molecule has 3 heterocycles. The highest BCUT2D eigenvalue weighted by Crippen LogP contribution is 2.27. The molecule has 1 atom stereocenters. The van der Waals surface area contributed by atoms with Gasteiger partial charge in [0.15, 0.2) is 5.13 Å². The molecule has 2 amide bonds. The Morgan fingerprint density at radius 1 is 1.29 bits per heavy atom. The molecular weight excluding hydrogens is 421 g/mol. The molecule has 4 rings (SSSR count). The van der Waals surface area contributed by atoms with Gasteiger partial charge in [-0.2, -0.15) is 0 Å². The number of carbonyl (C=O) groups excluding carboxylic acids is 1. The topological polar surface area (TPSA) is 102 Å². The van der Waals surface area contributed by atoms with E-state index in [1.54, 1.807) is 17.2 Å². The quantitative estimate of drug-likeness (QED) is 0.558. The average Bonchev–Trinajstić information content (AvgIpc) is 3.15. The normalized spacial score (nSPS) is 15.4. The molecule has 1 aliphatic heterocycles. The summed E-state index contributed by atoms with van der Waals surface area (Å²) in [5.41, 5.74) is 2.52. The Labute approximate surface area is 183 Å². The third-order valence-electron chi connectivity index (χ3n) is 5.22. The molecular formula is C21H24FN5O3S. The van der Waals surface area contributed by atoms with E-state index in [1.807, 2.05) is 13.0 Å². The first-order valence-corrected chi connectivity index (χ1v) is 10.9. The Morgan fingerprint density at radius 3 is 2.77 bits per heavy atom. The van der Waals surface area contributed by atoms with Crippen LogP contribution in [0.25, 0.3) is 10.2 Å². The number of rotatable bonds is 5. The number of nitrogens with one attached hydrogen (secondary N) is 1. The molecule has 31 heavy (non-hydrogen) atoms. The molecule has 1 saturated heterocycles. The van der Waals surface area contributed by atoms with E-state index >= 15 is 0 Å². The first-order valence-electron chi connectivity index (χ1n) is 10.0. The monoisotopic (exact) mass is 445 g/mol. The van der Waals surface area contributed by atoms with Crippen LogP contribution in [0.15, 0.2) is 30.5 Å². The fraction of sp³-hybridized carbons (Fsp3) is 0.381. The van der Waals surface area contributed by atoms with Gasteiger partial charge in [0.2, 0.25) is 0 Å². The van der Waals surface area contributed by atoms with Crippen molar-refractivity contribution in [2.75, 3.05) is 43.0 Å². The molecule has 3 aromatic rings. The molecule has 0 aliphatic carbocycles. The van der Waals surface area contributed by atoms with Crippen LogP contribution < -0.4 is 10.2 Å². The molecule has 1 aliphatic rings. The number of halogens is 1. The Kier molecular flexibility index (Phi) is 6.30. The van der Waals surface area contributed by atoms with Gasteiger partial charge in [0, 0.05) is 38.8 Å². The number of aliphatic hydroxyl groups excluding tert-OH is 2. The molecule has 0 spiro atoms. The first kappa shape index (κ1) is 21.4. The van der Waals surface area contributed by atoms with Gasteiger partial charge in [-0.1, -0.05) is 17.4 Å². The van der Waals surface area contributed by atoms with Crippen LogP contribution in [0.5, 0.6) is 0 Å². The van der Waals surface area contributed by atoms with Crippen LogP contribution in [0.2, 0.25) is 0 Å². The number of hydrogen-bond acceptors (Lipinski definition) is 7. The Bertz CT molecular complexity index is 1080. The van der Waals surface area contributed by atoms with Gasteiger partial charge in [-0.15, -0.1) is 0 Å². The molecule has 0 bridgehead atoms. The minimum Gasteiger partial charge on any atom is -0.394 e. The van der Waals surface area contributed by atoms with E-state index < -0.39 is 6.10 Å². The van der Waals surface area contributed by atoms with Crippen molar-refractivity contribution in [2.24, 2.45) is 0 Å². The van der Waals surface area contributed by atoms with E-state index in [1.165, 1.54) is 23.5 Å². The van der Waals surface area contributed by atoms with Crippen LogP contribution in [0.4, 0.5) is 20.1 Å². The summed E-state index contributed by atoms with van der Waals surface area (Å²) in [5, 5.41) is 21.9. The van der Waals surface area contributed by atoms with E-state index in [0.717, 1.165) is 16.9 Å². The minimum atomic E-state index is -0.788. The number of piperazine rings is 1. The standard InChI is InChI=1S/C21H24FN5O3S/c1-13-8-14(9-16(29)12-28)11-23-19(13)26-4-6-27(7-5-26)21(30)25-20-24-17-3-2-15(22)10-18(17)31-20/h2-3,8,10-11,16,28-29H,4-7,9,12H2,1H3,(H,24,25,30)/t16-/m1/s1. The summed E-state index contributed by atoms with van der Waals surface area (Å²) in [7, 11) is 0. The summed E-state index contributed by atoms with van der Waals surface area (Å²) in [6, 6.07) is 6.10. The maximum atomic E-state index is 13.4. The number of aliphatic hydroxyl groups is 2. The van der Waals surface area contributed by atoms with Crippen molar-refractivity contribution < 1.29 is 19.4 Å². The predicted molar refractivity (Wildman–Crippen MR) is 118 cm³/mol. The molecule has 10 heteroatoms. The number of urea groups is 1. The summed E-state index contributed by atoms with van der Waals surface area (Å²) >= 11 is 1.25. The number of aryl methyl sites for hydroxylation is 1. The number of thiazole rings is 1. The van der Waals surface area contributed by atoms with E-state index in [9.17, 15) is 14.3 Å². The number of nitrogens with zero attached hydrogens (tertiary/aromatic N) is 4. The molecule has 3 N–H and O–H groups in total. The van der Waals surface area contributed by atoms with Crippen molar-refractivity contribution >= 4 is 38.5 Å². The van der Waals surface area contributed by atoms with E-state index in [-0.39, 0.29) is 18.5 Å². The number of fused-ring (bicyclic) bond motifs is 1. The zero-order valence-electron chi connectivity index (χ0n) is 17.1. The van der Waals surface area contributed by atoms with Crippen molar-refractivity contribution in [1.29, 1.82) is 0 Å². The summed E-state index contributed by atoms with van der Waals surface area (Å²) < 4.78 is 14.0. The van der Waals surface area contributed by atoms with Gasteiger partial charge in [-0.05, 0) is 36.2 Å². The lowest BCUT2D eigenvalue weighted by molar-refractivity contribution is 0.0954. The zero-order chi connectivity index (χ0) is 22.0. The van der Waals surface area contributed by atoms with Crippen molar-refractivity contribution in [1.82, 2.24) is 14.9 Å². The van der Waals surface area contributed by atoms with Gasteiger partial charge in [0.1, 0.15) is 11.6 Å². The van der Waals surface area contributed by atoms with Gasteiger partial charge in [-0.25, -0.2) is 19.2 Å². The second-order valence-electron chi connectivity index (χ2n) is 7.56. The Hall–Kier alpha value is -2.82. The minimum absolute atomic E-state index is 0.225. The smallest absolute Gasteiger partial charge is 0.323 e. The molecule has 1 fully saturated rings. The molecule has 0 unspecified atom stereocenters. The highest BCUT2D eigenvalue weighted by molar-refractivity contribution is 7.22. The molecule has 0 radical (unpaired) electrons. The fourth-order valence-corrected chi connectivity index (χ4v) is 4.53. The Balaban J connectivity index is 1.35. The average molecular weight is 446 g/mol. The Morgan fingerprint density at radius 2 is 2.06 bits per heavy atom. The van der Waals surface area contributed by atoms with Crippen molar-refractivity contribution in [2.45, 2.75) is 19.4 Å². The fourth-order valence-electron chi connectivity index (χ4n) is 3.65. The number of anilines is 2. The van der Waals surface area contributed by atoms with Crippen LogP contribution in [-0.4, -0.2) is 70.0 Å². The largest absolute Gasteiger partial charge is 0.394 e. The summed E-state index contributed by atoms with van der Waals surface area (Å²) in [5.74, 6) is 0.530. The van der Waals surface area contributed by atoms with Crippen molar-refractivity contribution in [3.05, 3.63) is 47.4 Å². The van der Waals surface area contributed by atoms with E-state index in [4.69, 9.17) is 5.11 Å². The predicted octanol–water partition coefficient (Wildman–Crippen LogP) is 2.39. The summed E-state index contributed by atoms with van der Waals surface area (Å²) in [6.45, 7) is 4.05. The second-order valence-corrected chi connectivity index (χ2v) is 8.59. The SMILES string of the molecule is Cc1cc(C[C@@H](O)CO)cnc1N1CCN(C(=O)Nc2nc3ccc(F)cc3s2)CC1. The van der Waals surface area contributed by atoms with Crippen molar-refractivity contribution in [3.63, 3.8) is 0 Å². The highest BCUT2D eigenvalue weighted by atomic mass is 32.1. The second kappa shape index (κ2) is 9.13. The van der Waals surface area contributed by atoms with Crippen LogP contribution >= 0.6 is 11.3 Å². The third-order valence-corrected chi connectivity index (χ3v) is 6.15. The van der Waals surface area contributed by atoms with Crippen LogP contribution in [0, 0.1) is 12.7 Å². The highest BCUT2D eigenvalue weighted by Gasteiger charge is 2.24. The lowest BCUT2D eigenvalue weighted by Gasteiger charge is -2.35. The lowest BCUT2D eigenvalue weighted by Crippen LogP contribution is -2.50. The molecule has 8 nitrogen and oxygen atoms in total. The van der Waals surface area contributed by atoms with Gasteiger partial charge in [0.05, 0.1) is 22.9 Å². The van der Waals surface area contributed by atoms with Gasteiger partial charge < -0.3 is 20.0 Å². The van der Waals surface area contributed by atoms with Crippen LogP contribution in [-0.2, 0) is 6.42 Å². The van der Waals surface area contributed by atoms with Gasteiger partial charge in [-0.3, -0.25) is 5.32 Å². The number of benzene rings is 1. The summed E-state index contributed by atoms with van der Waals surface area (Å²) in [6.07, 6.45) is 1.29. The van der Waals surface area contributed by atoms with E-state index in [2.05, 4.69) is 20.2 Å². The maximum Gasteiger partial charge on any atom is 0.323 e.